The lowest BCUT2D eigenvalue weighted by molar-refractivity contribution is 0.749. The largest absolute Gasteiger partial charge is 0.385 e. The lowest BCUT2D eigenvalue weighted by Gasteiger charge is -2.18. The molecular weight excluding hydrogens is 210 g/mol. The quantitative estimate of drug-likeness (QED) is 0.853. The third kappa shape index (κ3) is 2.18. The molecule has 2 heterocycles. The maximum Gasteiger partial charge on any atom is 0.0668 e. The monoisotopic (exact) mass is 227 g/mol. The minimum absolute atomic E-state index is 0.925. The molecule has 88 valence electrons. The molecule has 3 rings (SSSR count). The lowest BCUT2D eigenvalue weighted by Crippen LogP contribution is -2.11. The molecule has 2 aromatic rings. The highest BCUT2D eigenvalue weighted by Crippen LogP contribution is 2.23. The molecule has 1 aromatic heterocycles. The molecule has 3 nitrogen and oxygen atoms in total. The van der Waals surface area contributed by atoms with Crippen LogP contribution in [0, 0.1) is 0 Å². The van der Waals surface area contributed by atoms with Crippen molar-refractivity contribution in [3.63, 3.8) is 0 Å². The standard InChI is InChI=1S/C14H17N3/c1-17-8-6-13(16-17)10-11-4-5-14-12(9-11)3-2-7-15-14/h4-6,8-9,15H,2-3,7,10H2,1H3. The number of fused-ring (bicyclic) bond motifs is 1. The van der Waals surface area contributed by atoms with Gasteiger partial charge < -0.3 is 5.32 Å². The van der Waals surface area contributed by atoms with Crippen LogP contribution in [0.25, 0.3) is 0 Å². The van der Waals surface area contributed by atoms with E-state index in [-0.39, 0.29) is 0 Å². The predicted octanol–water partition coefficient (Wildman–Crippen LogP) is 2.37. The molecule has 0 unspecified atom stereocenters. The van der Waals surface area contributed by atoms with Crippen LogP contribution in [-0.4, -0.2) is 16.3 Å². The number of hydrogen-bond acceptors (Lipinski definition) is 2. The number of aryl methyl sites for hydroxylation is 2. The van der Waals surface area contributed by atoms with Gasteiger partial charge in [0.2, 0.25) is 0 Å². The number of aromatic nitrogens is 2. The molecule has 1 aliphatic rings. The van der Waals surface area contributed by atoms with Gasteiger partial charge >= 0.3 is 0 Å². The zero-order valence-corrected chi connectivity index (χ0v) is 10.1. The second kappa shape index (κ2) is 4.24. The zero-order chi connectivity index (χ0) is 11.7. The first kappa shape index (κ1) is 10.4. The van der Waals surface area contributed by atoms with Crippen molar-refractivity contribution in [1.29, 1.82) is 0 Å². The molecule has 1 aromatic carbocycles. The van der Waals surface area contributed by atoms with Gasteiger partial charge in [-0.3, -0.25) is 4.68 Å². The Hall–Kier alpha value is -1.77. The van der Waals surface area contributed by atoms with Gasteiger partial charge in [0.15, 0.2) is 0 Å². The molecule has 0 aliphatic carbocycles. The molecule has 3 heteroatoms. The molecule has 0 saturated carbocycles. The molecule has 0 spiro atoms. The molecule has 0 radical (unpaired) electrons. The number of rotatable bonds is 2. The van der Waals surface area contributed by atoms with Gasteiger partial charge in [0, 0.05) is 31.9 Å². The molecule has 0 atom stereocenters. The normalized spacial score (nSPS) is 14.2. The minimum atomic E-state index is 0.925. The van der Waals surface area contributed by atoms with Gasteiger partial charge in [-0.2, -0.15) is 5.10 Å². The lowest BCUT2D eigenvalue weighted by atomic mass is 9.99. The van der Waals surface area contributed by atoms with Gasteiger partial charge in [-0.15, -0.1) is 0 Å². The van der Waals surface area contributed by atoms with E-state index in [0.29, 0.717) is 0 Å². The van der Waals surface area contributed by atoms with Crippen LogP contribution in [-0.2, 0) is 19.9 Å². The van der Waals surface area contributed by atoms with Crippen LogP contribution in [0.5, 0.6) is 0 Å². The van der Waals surface area contributed by atoms with Crippen molar-refractivity contribution < 1.29 is 0 Å². The summed E-state index contributed by atoms with van der Waals surface area (Å²) < 4.78 is 1.86. The summed E-state index contributed by atoms with van der Waals surface area (Å²) in [6.45, 7) is 1.10. The van der Waals surface area contributed by atoms with Crippen molar-refractivity contribution in [2.45, 2.75) is 19.3 Å². The average molecular weight is 227 g/mol. The van der Waals surface area contributed by atoms with E-state index in [0.717, 1.165) is 18.7 Å². The summed E-state index contributed by atoms with van der Waals surface area (Å²) in [7, 11) is 1.96. The summed E-state index contributed by atoms with van der Waals surface area (Å²) in [6.07, 6.45) is 5.35. The van der Waals surface area contributed by atoms with Gasteiger partial charge in [-0.05, 0) is 36.1 Å². The number of benzene rings is 1. The topological polar surface area (TPSA) is 29.9 Å². The first-order chi connectivity index (χ1) is 8.31. The van der Waals surface area contributed by atoms with E-state index in [4.69, 9.17) is 0 Å². The maximum atomic E-state index is 4.42. The third-order valence-corrected chi connectivity index (χ3v) is 3.26. The van der Waals surface area contributed by atoms with Crippen LogP contribution in [0.1, 0.15) is 23.2 Å². The summed E-state index contributed by atoms with van der Waals surface area (Å²) in [5, 5.41) is 7.86. The number of nitrogens with one attached hydrogen (secondary N) is 1. The van der Waals surface area contributed by atoms with Crippen molar-refractivity contribution in [1.82, 2.24) is 9.78 Å². The third-order valence-electron chi connectivity index (χ3n) is 3.26. The van der Waals surface area contributed by atoms with E-state index >= 15 is 0 Å². The fourth-order valence-electron chi connectivity index (χ4n) is 2.40. The Kier molecular flexibility index (Phi) is 2.59. The van der Waals surface area contributed by atoms with Crippen molar-refractivity contribution in [3.8, 4) is 0 Å². The first-order valence-electron chi connectivity index (χ1n) is 6.15. The Labute approximate surface area is 101 Å². The highest BCUT2D eigenvalue weighted by molar-refractivity contribution is 5.54. The molecule has 1 N–H and O–H groups in total. The number of anilines is 1. The van der Waals surface area contributed by atoms with Crippen LogP contribution < -0.4 is 5.32 Å². The van der Waals surface area contributed by atoms with E-state index in [1.54, 1.807) is 0 Å². The van der Waals surface area contributed by atoms with Crippen LogP contribution >= 0.6 is 0 Å². The van der Waals surface area contributed by atoms with Crippen molar-refractivity contribution in [2.24, 2.45) is 7.05 Å². The smallest absolute Gasteiger partial charge is 0.0668 e. The Bertz CT molecular complexity index is 528. The van der Waals surface area contributed by atoms with Gasteiger partial charge in [-0.1, -0.05) is 12.1 Å². The minimum Gasteiger partial charge on any atom is -0.385 e. The summed E-state index contributed by atoms with van der Waals surface area (Å²) in [6, 6.07) is 8.80. The Morgan fingerprint density at radius 1 is 1.35 bits per heavy atom. The second-order valence-electron chi connectivity index (χ2n) is 4.68. The van der Waals surface area contributed by atoms with E-state index in [2.05, 4.69) is 34.7 Å². The molecule has 0 bridgehead atoms. The molecule has 0 fully saturated rings. The summed E-state index contributed by atoms with van der Waals surface area (Å²) >= 11 is 0. The fraction of sp³-hybridized carbons (Fsp3) is 0.357. The van der Waals surface area contributed by atoms with Crippen molar-refractivity contribution in [2.75, 3.05) is 11.9 Å². The van der Waals surface area contributed by atoms with Crippen molar-refractivity contribution >= 4 is 5.69 Å². The zero-order valence-electron chi connectivity index (χ0n) is 10.1. The summed E-state index contributed by atoms with van der Waals surface area (Å²) in [5.74, 6) is 0. The first-order valence-corrected chi connectivity index (χ1v) is 6.15. The van der Waals surface area contributed by atoms with Gasteiger partial charge in [-0.25, -0.2) is 0 Å². The van der Waals surface area contributed by atoms with Crippen LogP contribution in [0.15, 0.2) is 30.5 Å². The molecule has 0 amide bonds. The van der Waals surface area contributed by atoms with E-state index < -0.39 is 0 Å². The van der Waals surface area contributed by atoms with E-state index in [1.165, 1.54) is 29.7 Å². The van der Waals surface area contributed by atoms with Crippen LogP contribution in [0.2, 0.25) is 0 Å². The SMILES string of the molecule is Cn1ccc(Cc2ccc3c(c2)CCCN3)n1. The second-order valence-corrected chi connectivity index (χ2v) is 4.68. The molecule has 17 heavy (non-hydrogen) atoms. The van der Waals surface area contributed by atoms with Crippen LogP contribution in [0.3, 0.4) is 0 Å². The Morgan fingerprint density at radius 2 is 2.29 bits per heavy atom. The number of nitrogens with zero attached hydrogens (tertiary/aromatic N) is 2. The summed E-state index contributed by atoms with van der Waals surface area (Å²) in [4.78, 5) is 0. The van der Waals surface area contributed by atoms with Crippen LogP contribution in [0.4, 0.5) is 5.69 Å². The molecule has 0 saturated heterocycles. The molecular formula is C14H17N3. The van der Waals surface area contributed by atoms with E-state index in [9.17, 15) is 0 Å². The van der Waals surface area contributed by atoms with Gasteiger partial charge in [0.05, 0.1) is 5.69 Å². The van der Waals surface area contributed by atoms with Gasteiger partial charge in [0.1, 0.15) is 0 Å². The Morgan fingerprint density at radius 3 is 3.12 bits per heavy atom. The molecule has 1 aliphatic heterocycles. The highest BCUT2D eigenvalue weighted by Gasteiger charge is 2.09. The highest BCUT2D eigenvalue weighted by atomic mass is 15.2. The number of hydrogen-bond donors (Lipinski definition) is 1. The fourth-order valence-corrected chi connectivity index (χ4v) is 2.40. The van der Waals surface area contributed by atoms with Gasteiger partial charge in [0.25, 0.3) is 0 Å². The van der Waals surface area contributed by atoms with Crippen molar-refractivity contribution in [3.05, 3.63) is 47.3 Å². The van der Waals surface area contributed by atoms with E-state index in [1.807, 2.05) is 17.9 Å². The average Bonchev–Trinajstić information content (AvgIpc) is 2.75. The Balaban J connectivity index is 1.84. The maximum absolute atomic E-state index is 4.42. The summed E-state index contributed by atoms with van der Waals surface area (Å²) in [5.41, 5.74) is 5.24. The predicted molar refractivity (Wildman–Crippen MR) is 69.3 cm³/mol.